The molecule has 0 atom stereocenters. The third-order valence-corrected chi connectivity index (χ3v) is 1.37. The van der Waals surface area contributed by atoms with E-state index in [4.69, 9.17) is 4.74 Å². The van der Waals surface area contributed by atoms with Crippen molar-refractivity contribution in [2.24, 2.45) is 0 Å². The molecule has 1 aromatic rings. The number of halogens is 3. The Morgan fingerprint density at radius 3 is 2.67 bits per heavy atom. The molecule has 0 unspecified atom stereocenters. The van der Waals surface area contributed by atoms with Crippen LogP contribution in [0.1, 0.15) is 5.69 Å². The minimum Gasteiger partial charge on any atom is -0.425 e. The van der Waals surface area contributed by atoms with Gasteiger partial charge < -0.3 is 4.74 Å². The van der Waals surface area contributed by atoms with Crippen LogP contribution in [0.5, 0.6) is 6.01 Å². The molecule has 0 aliphatic heterocycles. The van der Waals surface area contributed by atoms with E-state index in [1.54, 1.807) is 0 Å². The van der Waals surface area contributed by atoms with E-state index in [1.165, 1.54) is 6.08 Å². The Morgan fingerprint density at radius 1 is 1.47 bits per heavy atom. The van der Waals surface area contributed by atoms with Crippen LogP contribution in [0.2, 0.25) is 0 Å². The molecular weight excluding hydrogens is 209 g/mol. The summed E-state index contributed by atoms with van der Waals surface area (Å²) in [6.45, 7) is 6.68. The number of hydrogen-bond donors (Lipinski definition) is 0. The second-order valence-corrected chi connectivity index (χ2v) is 2.49. The molecular formula is C9H7F3N2O. The van der Waals surface area contributed by atoms with Gasteiger partial charge in [0.05, 0.1) is 0 Å². The molecule has 0 saturated heterocycles. The highest BCUT2D eigenvalue weighted by Crippen LogP contribution is 2.27. The molecule has 0 radical (unpaired) electrons. The van der Waals surface area contributed by atoms with Gasteiger partial charge in [0.25, 0.3) is 0 Å². The minimum absolute atomic E-state index is 0.0781. The van der Waals surface area contributed by atoms with Gasteiger partial charge in [0, 0.05) is 6.20 Å². The highest BCUT2D eigenvalue weighted by molar-refractivity contribution is 5.13. The topological polar surface area (TPSA) is 35.0 Å². The SMILES string of the molecule is C=CC(=C)Oc1nccc(C(F)(F)F)n1. The van der Waals surface area contributed by atoms with Gasteiger partial charge in [0.1, 0.15) is 5.76 Å². The summed E-state index contributed by atoms with van der Waals surface area (Å²) in [5.41, 5.74) is -1.07. The van der Waals surface area contributed by atoms with Crippen molar-refractivity contribution in [3.05, 3.63) is 43.0 Å². The molecule has 0 fully saturated rings. The molecule has 1 aromatic heterocycles. The van der Waals surface area contributed by atoms with Crippen LogP contribution in [0.4, 0.5) is 13.2 Å². The fourth-order valence-electron chi connectivity index (χ4n) is 0.707. The molecule has 0 aromatic carbocycles. The summed E-state index contributed by atoms with van der Waals surface area (Å²) < 4.78 is 41.4. The smallest absolute Gasteiger partial charge is 0.425 e. The lowest BCUT2D eigenvalue weighted by Crippen LogP contribution is -2.09. The minimum atomic E-state index is -4.52. The normalized spacial score (nSPS) is 10.9. The van der Waals surface area contributed by atoms with E-state index in [0.717, 1.165) is 12.3 Å². The van der Waals surface area contributed by atoms with Crippen LogP contribution in [0.25, 0.3) is 0 Å². The third-order valence-electron chi connectivity index (χ3n) is 1.37. The van der Waals surface area contributed by atoms with Gasteiger partial charge in [0.15, 0.2) is 5.69 Å². The molecule has 3 nitrogen and oxygen atoms in total. The van der Waals surface area contributed by atoms with Crippen LogP contribution in [0.3, 0.4) is 0 Å². The molecule has 0 spiro atoms. The molecule has 0 aliphatic rings. The van der Waals surface area contributed by atoms with E-state index in [0.29, 0.717) is 0 Å². The van der Waals surface area contributed by atoms with Crippen LogP contribution >= 0.6 is 0 Å². The highest BCUT2D eigenvalue weighted by Gasteiger charge is 2.33. The zero-order valence-corrected chi connectivity index (χ0v) is 7.58. The Balaban J connectivity index is 2.93. The summed E-state index contributed by atoms with van der Waals surface area (Å²) in [6, 6.07) is 0.346. The number of ether oxygens (including phenoxy) is 1. The number of alkyl halides is 3. The van der Waals surface area contributed by atoms with E-state index in [9.17, 15) is 13.2 Å². The van der Waals surface area contributed by atoms with Gasteiger partial charge in [-0.3, -0.25) is 0 Å². The molecule has 0 N–H and O–H groups in total. The first-order valence-corrected chi connectivity index (χ1v) is 3.83. The van der Waals surface area contributed by atoms with E-state index in [2.05, 4.69) is 23.1 Å². The van der Waals surface area contributed by atoms with Crippen LogP contribution in [0, 0.1) is 0 Å². The third kappa shape index (κ3) is 3.08. The zero-order chi connectivity index (χ0) is 11.5. The van der Waals surface area contributed by atoms with Crippen LogP contribution < -0.4 is 4.74 Å². The summed E-state index contributed by atoms with van der Waals surface area (Å²) >= 11 is 0. The quantitative estimate of drug-likeness (QED) is 0.575. The van der Waals surface area contributed by atoms with E-state index >= 15 is 0 Å². The van der Waals surface area contributed by atoms with Crippen LogP contribution in [-0.4, -0.2) is 9.97 Å². The molecule has 0 bridgehead atoms. The maximum atomic E-state index is 12.2. The molecule has 1 heterocycles. The standard InChI is InChI=1S/C9H7F3N2O/c1-3-6(2)15-8-13-5-4-7(14-8)9(10,11)12/h3-5H,1-2H2. The molecule has 15 heavy (non-hydrogen) atoms. The van der Waals surface area contributed by atoms with Crippen molar-refractivity contribution in [2.45, 2.75) is 6.18 Å². The lowest BCUT2D eigenvalue weighted by atomic mass is 10.4. The predicted molar refractivity (Wildman–Crippen MR) is 47.0 cm³/mol. The van der Waals surface area contributed by atoms with Gasteiger partial charge in [-0.2, -0.15) is 18.2 Å². The average Bonchev–Trinajstić information content (AvgIpc) is 2.17. The fraction of sp³-hybridized carbons (Fsp3) is 0.111. The lowest BCUT2D eigenvalue weighted by Gasteiger charge is -2.07. The molecule has 0 saturated carbocycles. The lowest BCUT2D eigenvalue weighted by molar-refractivity contribution is -0.141. The van der Waals surface area contributed by atoms with Crippen molar-refractivity contribution in [3.8, 4) is 6.01 Å². The van der Waals surface area contributed by atoms with Gasteiger partial charge in [-0.1, -0.05) is 13.2 Å². The van der Waals surface area contributed by atoms with E-state index in [-0.39, 0.29) is 5.76 Å². The van der Waals surface area contributed by atoms with Crippen molar-refractivity contribution in [1.29, 1.82) is 0 Å². The van der Waals surface area contributed by atoms with Crippen molar-refractivity contribution < 1.29 is 17.9 Å². The van der Waals surface area contributed by atoms with Gasteiger partial charge >= 0.3 is 12.2 Å². The summed E-state index contributed by atoms with van der Waals surface area (Å²) in [6.07, 6.45) is -2.32. The summed E-state index contributed by atoms with van der Waals surface area (Å²) in [7, 11) is 0. The summed E-state index contributed by atoms with van der Waals surface area (Å²) in [4.78, 5) is 6.66. The number of rotatable bonds is 3. The largest absolute Gasteiger partial charge is 0.433 e. The van der Waals surface area contributed by atoms with Gasteiger partial charge in [0.2, 0.25) is 0 Å². The van der Waals surface area contributed by atoms with E-state index < -0.39 is 17.9 Å². The molecule has 6 heteroatoms. The molecule has 0 amide bonds. The van der Waals surface area contributed by atoms with Crippen molar-refractivity contribution in [1.82, 2.24) is 9.97 Å². The first-order chi connectivity index (χ1) is 6.93. The highest BCUT2D eigenvalue weighted by atomic mass is 19.4. The summed E-state index contributed by atoms with van der Waals surface area (Å²) in [5.74, 6) is 0.0781. The summed E-state index contributed by atoms with van der Waals surface area (Å²) in [5, 5.41) is 0. The number of aromatic nitrogens is 2. The van der Waals surface area contributed by atoms with E-state index in [1.807, 2.05) is 0 Å². The second-order valence-electron chi connectivity index (χ2n) is 2.49. The average molecular weight is 216 g/mol. The number of hydrogen-bond acceptors (Lipinski definition) is 3. The van der Waals surface area contributed by atoms with Crippen LogP contribution in [0.15, 0.2) is 37.3 Å². The first kappa shape index (κ1) is 11.2. The van der Waals surface area contributed by atoms with Crippen LogP contribution in [-0.2, 0) is 6.18 Å². The molecule has 80 valence electrons. The first-order valence-electron chi connectivity index (χ1n) is 3.83. The number of allylic oxidation sites excluding steroid dienone is 1. The predicted octanol–water partition coefficient (Wildman–Crippen LogP) is 2.57. The Kier molecular flexibility index (Phi) is 3.08. The van der Waals surface area contributed by atoms with Gasteiger partial charge in [-0.15, -0.1) is 0 Å². The maximum absolute atomic E-state index is 12.2. The van der Waals surface area contributed by atoms with Crippen molar-refractivity contribution >= 4 is 0 Å². The monoisotopic (exact) mass is 216 g/mol. The van der Waals surface area contributed by atoms with Gasteiger partial charge in [-0.25, -0.2) is 4.98 Å². The Bertz CT molecular complexity index is 387. The molecule has 1 rings (SSSR count). The Hall–Kier alpha value is -1.85. The Morgan fingerprint density at radius 2 is 2.13 bits per heavy atom. The maximum Gasteiger partial charge on any atom is 0.433 e. The van der Waals surface area contributed by atoms with Crippen molar-refractivity contribution in [3.63, 3.8) is 0 Å². The second kappa shape index (κ2) is 4.12. The number of nitrogens with zero attached hydrogens (tertiary/aromatic N) is 2. The molecule has 0 aliphatic carbocycles. The Labute approximate surface area is 83.9 Å². The fourth-order valence-corrected chi connectivity index (χ4v) is 0.707. The van der Waals surface area contributed by atoms with Gasteiger partial charge in [-0.05, 0) is 12.1 Å². The zero-order valence-electron chi connectivity index (χ0n) is 7.58. The van der Waals surface area contributed by atoms with Crippen molar-refractivity contribution in [2.75, 3.05) is 0 Å².